The first-order chi connectivity index (χ1) is 8.60. The summed E-state index contributed by atoms with van der Waals surface area (Å²) in [5.41, 5.74) is 1.06. The summed E-state index contributed by atoms with van der Waals surface area (Å²) >= 11 is 3.24. The molecule has 1 aliphatic carbocycles. The summed E-state index contributed by atoms with van der Waals surface area (Å²) in [5, 5.41) is 14.2. The second kappa shape index (κ2) is 5.69. The highest BCUT2D eigenvalue weighted by Crippen LogP contribution is 2.32. The molecule has 98 valence electrons. The molecule has 2 unspecified atom stereocenters. The molecule has 0 spiro atoms. The molecule has 4 nitrogen and oxygen atoms in total. The van der Waals surface area contributed by atoms with Crippen LogP contribution < -0.4 is 5.32 Å². The van der Waals surface area contributed by atoms with E-state index in [-0.39, 0.29) is 10.6 Å². The number of anilines is 1. The molecule has 1 saturated carbocycles. The summed E-state index contributed by atoms with van der Waals surface area (Å²) in [6.45, 7) is 2.23. The average molecular weight is 313 g/mol. The van der Waals surface area contributed by atoms with Crippen molar-refractivity contribution < 1.29 is 4.92 Å². The normalized spacial score (nSPS) is 23.0. The van der Waals surface area contributed by atoms with Crippen molar-refractivity contribution in [1.82, 2.24) is 0 Å². The molecule has 0 aromatic heterocycles. The van der Waals surface area contributed by atoms with Crippen LogP contribution in [0.3, 0.4) is 0 Å². The lowest BCUT2D eigenvalue weighted by atomic mass is 10.1. The van der Waals surface area contributed by atoms with Crippen molar-refractivity contribution in [3.8, 4) is 0 Å². The van der Waals surface area contributed by atoms with Crippen LogP contribution in [0, 0.1) is 16.0 Å². The largest absolute Gasteiger partial charge is 0.382 e. The Labute approximate surface area is 115 Å². The Morgan fingerprint density at radius 1 is 1.50 bits per heavy atom. The van der Waals surface area contributed by atoms with Gasteiger partial charge in [-0.05, 0) is 53.2 Å². The molecule has 1 fully saturated rings. The first-order valence-corrected chi connectivity index (χ1v) is 7.10. The number of halogens is 1. The Morgan fingerprint density at radius 2 is 2.28 bits per heavy atom. The molecule has 2 atom stereocenters. The van der Waals surface area contributed by atoms with Crippen LogP contribution in [-0.2, 0) is 0 Å². The summed E-state index contributed by atoms with van der Waals surface area (Å²) in [7, 11) is 0. The SMILES string of the molecule is CCC1CCC(Nc2ccc([N+](=O)[O-])c(Br)c2)C1. The average Bonchev–Trinajstić information content (AvgIpc) is 2.76. The molecule has 0 heterocycles. The second-order valence-corrected chi connectivity index (χ2v) is 5.71. The molecule has 5 heteroatoms. The number of nitrogens with zero attached hydrogens (tertiary/aromatic N) is 1. The van der Waals surface area contributed by atoms with Crippen LogP contribution in [-0.4, -0.2) is 11.0 Å². The monoisotopic (exact) mass is 312 g/mol. The lowest BCUT2D eigenvalue weighted by Crippen LogP contribution is -2.15. The van der Waals surface area contributed by atoms with Crippen molar-refractivity contribution in [3.05, 3.63) is 32.8 Å². The molecule has 0 aliphatic heterocycles. The summed E-state index contributed by atoms with van der Waals surface area (Å²) in [6, 6.07) is 5.61. The standard InChI is InChI=1S/C13H17BrN2O2/c1-2-9-3-4-10(7-9)15-11-5-6-13(16(17)18)12(14)8-11/h5-6,8-10,15H,2-4,7H2,1H3. The minimum absolute atomic E-state index is 0.110. The van der Waals surface area contributed by atoms with Gasteiger partial charge >= 0.3 is 0 Å². The maximum atomic E-state index is 10.7. The van der Waals surface area contributed by atoms with Crippen molar-refractivity contribution >= 4 is 27.3 Å². The number of nitro benzene ring substituents is 1. The maximum absolute atomic E-state index is 10.7. The summed E-state index contributed by atoms with van der Waals surface area (Å²) in [5.74, 6) is 0.823. The Morgan fingerprint density at radius 3 is 2.83 bits per heavy atom. The van der Waals surface area contributed by atoms with Crippen LogP contribution in [0.5, 0.6) is 0 Å². The number of benzene rings is 1. The highest BCUT2D eigenvalue weighted by Gasteiger charge is 2.23. The maximum Gasteiger partial charge on any atom is 0.283 e. The van der Waals surface area contributed by atoms with E-state index in [4.69, 9.17) is 0 Å². The van der Waals surface area contributed by atoms with Crippen LogP contribution >= 0.6 is 15.9 Å². The van der Waals surface area contributed by atoms with E-state index >= 15 is 0 Å². The van der Waals surface area contributed by atoms with Gasteiger partial charge in [0.2, 0.25) is 0 Å². The zero-order valence-electron chi connectivity index (χ0n) is 10.4. The Balaban J connectivity index is 2.02. The van der Waals surface area contributed by atoms with E-state index in [1.165, 1.54) is 25.7 Å². The molecule has 1 N–H and O–H groups in total. The molecular weight excluding hydrogens is 296 g/mol. The molecule has 1 aromatic carbocycles. The minimum atomic E-state index is -0.378. The molecule has 0 radical (unpaired) electrons. The Kier molecular flexibility index (Phi) is 4.22. The van der Waals surface area contributed by atoms with Gasteiger partial charge in [-0.1, -0.05) is 13.3 Å². The fourth-order valence-electron chi connectivity index (χ4n) is 2.56. The van der Waals surface area contributed by atoms with Crippen LogP contribution in [0.4, 0.5) is 11.4 Å². The lowest BCUT2D eigenvalue weighted by molar-refractivity contribution is -0.385. The number of hydrogen-bond acceptors (Lipinski definition) is 3. The van der Waals surface area contributed by atoms with Crippen molar-refractivity contribution in [1.29, 1.82) is 0 Å². The molecule has 18 heavy (non-hydrogen) atoms. The lowest BCUT2D eigenvalue weighted by Gasteiger charge is -2.14. The van der Waals surface area contributed by atoms with Gasteiger partial charge in [0.25, 0.3) is 5.69 Å². The van der Waals surface area contributed by atoms with Crippen LogP contribution in [0.15, 0.2) is 22.7 Å². The highest BCUT2D eigenvalue weighted by atomic mass is 79.9. The van der Waals surface area contributed by atoms with E-state index in [2.05, 4.69) is 28.2 Å². The summed E-state index contributed by atoms with van der Waals surface area (Å²) in [6.07, 6.45) is 4.91. The predicted molar refractivity (Wildman–Crippen MR) is 75.8 cm³/mol. The van der Waals surface area contributed by atoms with Crippen LogP contribution in [0.1, 0.15) is 32.6 Å². The predicted octanol–water partition coefficient (Wildman–Crippen LogP) is 4.35. The van der Waals surface area contributed by atoms with Crippen molar-refractivity contribution in [2.24, 2.45) is 5.92 Å². The van der Waals surface area contributed by atoms with Gasteiger partial charge in [-0.3, -0.25) is 10.1 Å². The zero-order chi connectivity index (χ0) is 13.1. The quantitative estimate of drug-likeness (QED) is 0.664. The zero-order valence-corrected chi connectivity index (χ0v) is 11.9. The summed E-state index contributed by atoms with van der Waals surface area (Å²) in [4.78, 5) is 10.3. The molecular formula is C13H17BrN2O2. The minimum Gasteiger partial charge on any atom is -0.382 e. The Hall–Kier alpha value is -1.10. The van der Waals surface area contributed by atoms with E-state index < -0.39 is 0 Å². The first kappa shape index (κ1) is 13.3. The molecule has 2 rings (SSSR count). The van der Waals surface area contributed by atoms with E-state index in [1.807, 2.05) is 0 Å². The van der Waals surface area contributed by atoms with E-state index in [1.54, 1.807) is 18.2 Å². The van der Waals surface area contributed by atoms with Crippen molar-refractivity contribution in [3.63, 3.8) is 0 Å². The van der Waals surface area contributed by atoms with E-state index in [0.717, 1.165) is 11.6 Å². The molecule has 0 amide bonds. The third-order valence-corrected chi connectivity index (χ3v) is 4.27. The fourth-order valence-corrected chi connectivity index (χ4v) is 3.08. The van der Waals surface area contributed by atoms with Gasteiger partial charge in [-0.15, -0.1) is 0 Å². The highest BCUT2D eigenvalue weighted by molar-refractivity contribution is 9.10. The smallest absolute Gasteiger partial charge is 0.283 e. The van der Waals surface area contributed by atoms with Gasteiger partial charge in [0.1, 0.15) is 0 Å². The second-order valence-electron chi connectivity index (χ2n) is 4.85. The van der Waals surface area contributed by atoms with E-state index in [9.17, 15) is 10.1 Å². The summed E-state index contributed by atoms with van der Waals surface area (Å²) < 4.78 is 0.530. The number of rotatable bonds is 4. The number of nitrogens with one attached hydrogen (secondary N) is 1. The van der Waals surface area contributed by atoms with Gasteiger partial charge in [0.05, 0.1) is 9.40 Å². The van der Waals surface area contributed by atoms with E-state index in [0.29, 0.717) is 10.5 Å². The number of hydrogen-bond donors (Lipinski definition) is 1. The van der Waals surface area contributed by atoms with Crippen molar-refractivity contribution in [2.75, 3.05) is 5.32 Å². The Bertz CT molecular complexity index is 451. The molecule has 1 aliphatic rings. The number of nitro groups is 1. The van der Waals surface area contributed by atoms with Crippen LogP contribution in [0.2, 0.25) is 0 Å². The topological polar surface area (TPSA) is 55.2 Å². The van der Waals surface area contributed by atoms with Crippen molar-refractivity contribution in [2.45, 2.75) is 38.6 Å². The molecule has 1 aromatic rings. The third-order valence-electron chi connectivity index (χ3n) is 3.63. The van der Waals surface area contributed by atoms with Gasteiger partial charge in [0, 0.05) is 17.8 Å². The van der Waals surface area contributed by atoms with Gasteiger partial charge in [0.15, 0.2) is 0 Å². The van der Waals surface area contributed by atoms with Crippen LogP contribution in [0.25, 0.3) is 0 Å². The first-order valence-electron chi connectivity index (χ1n) is 6.30. The molecule has 0 saturated heterocycles. The van der Waals surface area contributed by atoms with Gasteiger partial charge in [-0.25, -0.2) is 0 Å². The van der Waals surface area contributed by atoms with Gasteiger partial charge in [-0.2, -0.15) is 0 Å². The third kappa shape index (κ3) is 3.02. The molecule has 0 bridgehead atoms. The van der Waals surface area contributed by atoms with Gasteiger partial charge < -0.3 is 5.32 Å². The fraction of sp³-hybridized carbons (Fsp3) is 0.538.